The number of aromatic nitrogens is 2. The molecule has 1 saturated carbocycles. The van der Waals surface area contributed by atoms with E-state index in [9.17, 15) is 0 Å². The predicted octanol–water partition coefficient (Wildman–Crippen LogP) is 4.83. The van der Waals surface area contributed by atoms with E-state index in [-0.39, 0.29) is 0 Å². The third kappa shape index (κ3) is 3.14. The molecule has 2 aromatic heterocycles. The lowest BCUT2D eigenvalue weighted by Crippen LogP contribution is -2.31. The van der Waals surface area contributed by atoms with Crippen molar-refractivity contribution in [2.75, 3.05) is 6.54 Å². The van der Waals surface area contributed by atoms with E-state index in [0.29, 0.717) is 5.92 Å². The van der Waals surface area contributed by atoms with Crippen LogP contribution in [-0.4, -0.2) is 21.4 Å². The van der Waals surface area contributed by atoms with Gasteiger partial charge >= 0.3 is 0 Å². The van der Waals surface area contributed by atoms with Crippen molar-refractivity contribution in [3.63, 3.8) is 0 Å². The van der Waals surface area contributed by atoms with E-state index in [1.54, 1.807) is 0 Å². The highest BCUT2D eigenvalue weighted by molar-refractivity contribution is 5.77. The fraction of sp³-hybridized carbons (Fsp3) is 0.455. The van der Waals surface area contributed by atoms with Crippen molar-refractivity contribution in [1.82, 2.24) is 14.9 Å². The van der Waals surface area contributed by atoms with Crippen LogP contribution in [0.15, 0.2) is 40.9 Å². The number of hydrogen-bond acceptors (Lipinski definition) is 4. The largest absolute Gasteiger partial charge is 0.460 e. The van der Waals surface area contributed by atoms with Gasteiger partial charge in [-0.3, -0.25) is 4.90 Å². The second kappa shape index (κ2) is 6.84. The van der Waals surface area contributed by atoms with Crippen molar-refractivity contribution in [3.8, 4) is 0 Å². The Morgan fingerprint density at radius 2 is 2.00 bits per heavy atom. The highest BCUT2D eigenvalue weighted by Gasteiger charge is 2.23. The van der Waals surface area contributed by atoms with Crippen LogP contribution in [-0.2, 0) is 19.5 Å². The molecule has 0 saturated heterocycles. The molecule has 3 aromatic rings. The summed E-state index contributed by atoms with van der Waals surface area (Å²) in [5.41, 5.74) is 3.52. The standard InChI is InChI=1S/C22H25N3O/c1-2-6-16(7-3-1)22-23-13-18-14-25(11-10-20(18)24-22)15-19-12-17-8-4-5-9-21(17)26-19/h4-5,8-9,12-13,16H,1-3,6-7,10-11,14-15H2. The van der Waals surface area contributed by atoms with Gasteiger partial charge in [0.05, 0.1) is 6.54 Å². The molecule has 0 radical (unpaired) electrons. The molecule has 26 heavy (non-hydrogen) atoms. The Morgan fingerprint density at radius 1 is 1.12 bits per heavy atom. The molecule has 5 rings (SSSR count). The molecular weight excluding hydrogens is 322 g/mol. The molecule has 0 bridgehead atoms. The first kappa shape index (κ1) is 16.0. The summed E-state index contributed by atoms with van der Waals surface area (Å²) in [6.45, 7) is 2.79. The fourth-order valence-electron chi connectivity index (χ4n) is 4.42. The number of fused-ring (bicyclic) bond motifs is 2. The Labute approximate surface area is 154 Å². The van der Waals surface area contributed by atoms with Crippen molar-refractivity contribution in [2.45, 2.75) is 57.5 Å². The molecule has 0 amide bonds. The van der Waals surface area contributed by atoms with E-state index in [4.69, 9.17) is 14.4 Å². The van der Waals surface area contributed by atoms with Crippen molar-refractivity contribution in [1.29, 1.82) is 0 Å². The first-order valence-electron chi connectivity index (χ1n) is 9.90. The number of hydrogen-bond donors (Lipinski definition) is 0. The van der Waals surface area contributed by atoms with Gasteiger partial charge in [-0.2, -0.15) is 0 Å². The smallest absolute Gasteiger partial charge is 0.134 e. The Kier molecular flexibility index (Phi) is 4.21. The van der Waals surface area contributed by atoms with E-state index >= 15 is 0 Å². The second-order valence-electron chi connectivity index (χ2n) is 7.75. The molecule has 4 nitrogen and oxygen atoms in total. The average Bonchev–Trinajstić information content (AvgIpc) is 3.10. The maximum atomic E-state index is 5.98. The summed E-state index contributed by atoms with van der Waals surface area (Å²) in [4.78, 5) is 12.1. The molecule has 3 heterocycles. The number of furan rings is 1. The minimum absolute atomic E-state index is 0.586. The van der Waals surface area contributed by atoms with Gasteiger partial charge in [0.15, 0.2) is 0 Å². The van der Waals surface area contributed by atoms with E-state index < -0.39 is 0 Å². The number of rotatable bonds is 3. The maximum absolute atomic E-state index is 5.98. The molecule has 0 spiro atoms. The van der Waals surface area contributed by atoms with Crippen LogP contribution in [0.2, 0.25) is 0 Å². The number of para-hydroxylation sites is 1. The Morgan fingerprint density at radius 3 is 2.88 bits per heavy atom. The van der Waals surface area contributed by atoms with Crippen molar-refractivity contribution in [3.05, 3.63) is 59.4 Å². The highest BCUT2D eigenvalue weighted by Crippen LogP contribution is 2.31. The maximum Gasteiger partial charge on any atom is 0.134 e. The predicted molar refractivity (Wildman–Crippen MR) is 102 cm³/mol. The average molecular weight is 347 g/mol. The Balaban J connectivity index is 1.30. The third-order valence-electron chi connectivity index (χ3n) is 5.86. The fourth-order valence-corrected chi connectivity index (χ4v) is 4.42. The van der Waals surface area contributed by atoms with Crippen LogP contribution in [0.5, 0.6) is 0 Å². The third-order valence-corrected chi connectivity index (χ3v) is 5.86. The van der Waals surface area contributed by atoms with Crippen LogP contribution in [0, 0.1) is 0 Å². The van der Waals surface area contributed by atoms with Gasteiger partial charge in [0.1, 0.15) is 17.2 Å². The molecule has 0 unspecified atom stereocenters. The van der Waals surface area contributed by atoms with Gasteiger partial charge < -0.3 is 4.42 Å². The van der Waals surface area contributed by atoms with E-state index in [1.165, 1.54) is 48.7 Å². The summed E-state index contributed by atoms with van der Waals surface area (Å²) < 4.78 is 5.98. The molecule has 0 N–H and O–H groups in total. The van der Waals surface area contributed by atoms with E-state index in [2.05, 4.69) is 29.3 Å². The lowest BCUT2D eigenvalue weighted by molar-refractivity contribution is 0.225. The van der Waals surface area contributed by atoms with Gasteiger partial charge in [0.2, 0.25) is 0 Å². The highest BCUT2D eigenvalue weighted by atomic mass is 16.3. The van der Waals surface area contributed by atoms with Gasteiger partial charge in [-0.25, -0.2) is 9.97 Å². The summed E-state index contributed by atoms with van der Waals surface area (Å²) in [6, 6.07) is 10.4. The SMILES string of the molecule is c1ccc2oc(CN3CCc4nc(C5CCCCC5)ncc4C3)cc2c1. The normalized spacial score (nSPS) is 18.9. The monoisotopic (exact) mass is 347 g/mol. The summed E-state index contributed by atoms with van der Waals surface area (Å²) in [5.74, 6) is 2.71. The first-order chi connectivity index (χ1) is 12.8. The van der Waals surface area contributed by atoms with Gasteiger partial charge in [-0.05, 0) is 25.0 Å². The van der Waals surface area contributed by atoms with Gasteiger partial charge in [0.25, 0.3) is 0 Å². The molecule has 1 aliphatic heterocycles. The molecule has 0 atom stereocenters. The summed E-state index contributed by atoms with van der Waals surface area (Å²) in [7, 11) is 0. The number of nitrogens with zero attached hydrogens (tertiary/aromatic N) is 3. The minimum atomic E-state index is 0.586. The van der Waals surface area contributed by atoms with E-state index in [0.717, 1.165) is 43.2 Å². The van der Waals surface area contributed by atoms with Crippen LogP contribution >= 0.6 is 0 Å². The molecule has 2 aliphatic rings. The molecule has 1 aromatic carbocycles. The lowest BCUT2D eigenvalue weighted by atomic mass is 9.88. The van der Waals surface area contributed by atoms with Crippen LogP contribution < -0.4 is 0 Å². The molecule has 4 heteroatoms. The zero-order valence-corrected chi connectivity index (χ0v) is 15.2. The van der Waals surface area contributed by atoms with Gasteiger partial charge in [-0.15, -0.1) is 0 Å². The van der Waals surface area contributed by atoms with Crippen LogP contribution in [0.3, 0.4) is 0 Å². The topological polar surface area (TPSA) is 42.2 Å². The first-order valence-corrected chi connectivity index (χ1v) is 9.90. The second-order valence-corrected chi connectivity index (χ2v) is 7.75. The summed E-state index contributed by atoms with van der Waals surface area (Å²) in [5, 5.41) is 1.18. The molecular formula is C22H25N3O. The minimum Gasteiger partial charge on any atom is -0.460 e. The summed E-state index contributed by atoms with van der Waals surface area (Å²) >= 11 is 0. The Bertz CT molecular complexity index is 878. The van der Waals surface area contributed by atoms with Crippen molar-refractivity contribution >= 4 is 11.0 Å². The van der Waals surface area contributed by atoms with Crippen LogP contribution in [0.1, 0.15) is 60.9 Å². The zero-order valence-electron chi connectivity index (χ0n) is 15.2. The number of benzene rings is 1. The molecule has 1 fully saturated rings. The molecule has 134 valence electrons. The lowest BCUT2D eigenvalue weighted by Gasteiger charge is -2.28. The zero-order chi connectivity index (χ0) is 17.3. The van der Waals surface area contributed by atoms with Crippen molar-refractivity contribution < 1.29 is 4.42 Å². The Hall–Kier alpha value is -2.20. The van der Waals surface area contributed by atoms with Crippen molar-refractivity contribution in [2.24, 2.45) is 0 Å². The van der Waals surface area contributed by atoms with Gasteiger partial charge in [-0.1, -0.05) is 37.5 Å². The van der Waals surface area contributed by atoms with Crippen LogP contribution in [0.4, 0.5) is 0 Å². The summed E-state index contributed by atoms with van der Waals surface area (Å²) in [6.07, 6.45) is 9.65. The van der Waals surface area contributed by atoms with Gasteiger partial charge in [0, 0.05) is 48.3 Å². The quantitative estimate of drug-likeness (QED) is 0.680. The van der Waals surface area contributed by atoms with E-state index in [1.807, 2.05) is 12.1 Å². The van der Waals surface area contributed by atoms with Crippen LogP contribution in [0.25, 0.3) is 11.0 Å². The molecule has 1 aliphatic carbocycles.